The van der Waals surface area contributed by atoms with Crippen LogP contribution in [0.15, 0.2) is 46.5 Å². The number of ketones is 1. The SMILES string of the molecule is CC(=O)c1cccnc1Sc1ccc2c(c1)CCC2. The second-order valence-electron chi connectivity index (χ2n) is 4.80. The van der Waals surface area contributed by atoms with E-state index in [4.69, 9.17) is 0 Å². The molecule has 1 aromatic heterocycles. The summed E-state index contributed by atoms with van der Waals surface area (Å²) in [5.74, 6) is 0.0664. The summed E-state index contributed by atoms with van der Waals surface area (Å²) in [7, 11) is 0. The van der Waals surface area contributed by atoms with Crippen LogP contribution in [0.1, 0.15) is 34.8 Å². The van der Waals surface area contributed by atoms with Gasteiger partial charge in [0, 0.05) is 16.7 Å². The number of nitrogens with zero attached hydrogens (tertiary/aromatic N) is 1. The third kappa shape index (κ3) is 2.56. The third-order valence-corrected chi connectivity index (χ3v) is 4.44. The van der Waals surface area contributed by atoms with Crippen LogP contribution in [0.2, 0.25) is 0 Å². The second kappa shape index (κ2) is 5.17. The first-order valence-electron chi connectivity index (χ1n) is 6.49. The molecule has 1 aromatic carbocycles. The number of hydrogen-bond acceptors (Lipinski definition) is 3. The van der Waals surface area contributed by atoms with E-state index >= 15 is 0 Å². The van der Waals surface area contributed by atoms with Crippen LogP contribution in [-0.4, -0.2) is 10.8 Å². The van der Waals surface area contributed by atoms with Crippen molar-refractivity contribution in [2.75, 3.05) is 0 Å². The fraction of sp³-hybridized carbons (Fsp3) is 0.250. The third-order valence-electron chi connectivity index (χ3n) is 3.43. The topological polar surface area (TPSA) is 30.0 Å². The lowest BCUT2D eigenvalue weighted by Crippen LogP contribution is -1.96. The van der Waals surface area contributed by atoms with Gasteiger partial charge < -0.3 is 0 Å². The van der Waals surface area contributed by atoms with Gasteiger partial charge in [-0.15, -0.1) is 0 Å². The number of hydrogen-bond donors (Lipinski definition) is 0. The molecule has 19 heavy (non-hydrogen) atoms. The molecule has 2 nitrogen and oxygen atoms in total. The lowest BCUT2D eigenvalue weighted by molar-refractivity contribution is 0.101. The first kappa shape index (κ1) is 12.4. The number of carbonyl (C=O) groups is 1. The van der Waals surface area contributed by atoms with Gasteiger partial charge >= 0.3 is 0 Å². The van der Waals surface area contributed by atoms with Crippen molar-refractivity contribution in [2.24, 2.45) is 0 Å². The van der Waals surface area contributed by atoms with Crippen molar-refractivity contribution in [2.45, 2.75) is 36.1 Å². The van der Waals surface area contributed by atoms with E-state index in [0.717, 1.165) is 5.03 Å². The molecule has 0 unspecified atom stereocenters. The summed E-state index contributed by atoms with van der Waals surface area (Å²) < 4.78 is 0. The van der Waals surface area contributed by atoms with Gasteiger partial charge in [0.05, 0.1) is 0 Å². The zero-order chi connectivity index (χ0) is 13.2. The quantitative estimate of drug-likeness (QED) is 0.791. The van der Waals surface area contributed by atoms with E-state index in [-0.39, 0.29) is 5.78 Å². The molecule has 0 radical (unpaired) electrons. The van der Waals surface area contributed by atoms with E-state index in [1.54, 1.807) is 24.9 Å². The number of aromatic nitrogens is 1. The summed E-state index contributed by atoms with van der Waals surface area (Å²) in [5, 5.41) is 0.799. The van der Waals surface area contributed by atoms with Gasteiger partial charge in [0.1, 0.15) is 5.03 Å². The average Bonchev–Trinajstić information content (AvgIpc) is 2.86. The van der Waals surface area contributed by atoms with Crippen LogP contribution >= 0.6 is 11.8 Å². The standard InChI is InChI=1S/C16H15NOS/c1-11(18)15-6-3-9-17-16(15)19-14-8-7-12-4-2-5-13(12)10-14/h3,6-10H,2,4-5H2,1H3. The molecule has 0 spiro atoms. The van der Waals surface area contributed by atoms with Gasteiger partial charge in [-0.2, -0.15) is 0 Å². The highest BCUT2D eigenvalue weighted by Gasteiger charge is 2.13. The summed E-state index contributed by atoms with van der Waals surface area (Å²) in [6.45, 7) is 1.59. The van der Waals surface area contributed by atoms with Gasteiger partial charge in [0.15, 0.2) is 5.78 Å². The maximum Gasteiger partial charge on any atom is 0.162 e. The Balaban J connectivity index is 1.91. The molecule has 1 heterocycles. The highest BCUT2D eigenvalue weighted by atomic mass is 32.2. The molecule has 96 valence electrons. The minimum atomic E-state index is 0.0664. The van der Waals surface area contributed by atoms with Crippen molar-refractivity contribution in [3.05, 3.63) is 53.2 Å². The smallest absolute Gasteiger partial charge is 0.162 e. The van der Waals surface area contributed by atoms with Crippen LogP contribution < -0.4 is 0 Å². The van der Waals surface area contributed by atoms with E-state index in [2.05, 4.69) is 23.2 Å². The number of pyridine rings is 1. The maximum atomic E-state index is 11.6. The lowest BCUT2D eigenvalue weighted by atomic mass is 10.1. The normalized spacial score (nSPS) is 13.3. The van der Waals surface area contributed by atoms with Crippen molar-refractivity contribution in [3.63, 3.8) is 0 Å². The fourth-order valence-electron chi connectivity index (χ4n) is 2.46. The zero-order valence-electron chi connectivity index (χ0n) is 10.8. The molecule has 0 saturated carbocycles. The molecule has 2 aromatic rings. The monoisotopic (exact) mass is 269 g/mol. The van der Waals surface area contributed by atoms with E-state index in [1.807, 2.05) is 12.1 Å². The summed E-state index contributed by atoms with van der Waals surface area (Å²) in [6, 6.07) is 10.2. The Labute approximate surface area is 117 Å². The largest absolute Gasteiger partial charge is 0.294 e. The van der Waals surface area contributed by atoms with Crippen LogP contribution in [0.3, 0.4) is 0 Å². The number of carbonyl (C=O) groups excluding carboxylic acids is 1. The number of aryl methyl sites for hydroxylation is 2. The van der Waals surface area contributed by atoms with Gasteiger partial charge in [0.25, 0.3) is 0 Å². The lowest BCUT2D eigenvalue weighted by Gasteiger charge is -2.07. The predicted octanol–water partition coefficient (Wildman–Crippen LogP) is 3.92. The summed E-state index contributed by atoms with van der Waals surface area (Å²) in [6.07, 6.45) is 5.36. The van der Waals surface area contributed by atoms with E-state index in [1.165, 1.54) is 35.3 Å². The van der Waals surface area contributed by atoms with Crippen molar-refractivity contribution in [1.82, 2.24) is 4.98 Å². The number of benzene rings is 1. The Hall–Kier alpha value is -1.61. The number of fused-ring (bicyclic) bond motifs is 1. The summed E-state index contributed by atoms with van der Waals surface area (Å²) in [5.41, 5.74) is 3.62. The molecule has 1 aliphatic rings. The van der Waals surface area contributed by atoms with Crippen molar-refractivity contribution in [1.29, 1.82) is 0 Å². The molecule has 3 rings (SSSR count). The summed E-state index contributed by atoms with van der Waals surface area (Å²) in [4.78, 5) is 17.1. The minimum Gasteiger partial charge on any atom is -0.294 e. The Bertz CT molecular complexity index is 636. The molecular weight excluding hydrogens is 254 g/mol. The second-order valence-corrected chi connectivity index (χ2v) is 5.86. The first-order valence-corrected chi connectivity index (χ1v) is 7.31. The van der Waals surface area contributed by atoms with Gasteiger partial charge in [0.2, 0.25) is 0 Å². The molecule has 0 aliphatic heterocycles. The highest BCUT2D eigenvalue weighted by molar-refractivity contribution is 7.99. The highest BCUT2D eigenvalue weighted by Crippen LogP contribution is 2.32. The van der Waals surface area contributed by atoms with Crippen LogP contribution in [-0.2, 0) is 12.8 Å². The van der Waals surface area contributed by atoms with Crippen molar-refractivity contribution < 1.29 is 4.79 Å². The minimum absolute atomic E-state index is 0.0664. The van der Waals surface area contributed by atoms with Crippen molar-refractivity contribution in [3.8, 4) is 0 Å². The molecule has 3 heteroatoms. The molecule has 0 atom stereocenters. The average molecular weight is 269 g/mol. The number of Topliss-reactive ketones (excluding diaryl/α,β-unsaturated/α-hetero) is 1. The molecule has 0 bridgehead atoms. The zero-order valence-corrected chi connectivity index (χ0v) is 11.7. The molecule has 0 N–H and O–H groups in total. The van der Waals surface area contributed by atoms with Crippen LogP contribution in [0.25, 0.3) is 0 Å². The first-order chi connectivity index (χ1) is 9.24. The van der Waals surface area contributed by atoms with Gasteiger partial charge in [-0.05, 0) is 61.6 Å². The number of rotatable bonds is 3. The van der Waals surface area contributed by atoms with Gasteiger partial charge in [-0.25, -0.2) is 4.98 Å². The van der Waals surface area contributed by atoms with E-state index in [0.29, 0.717) is 5.56 Å². The molecule has 0 saturated heterocycles. The van der Waals surface area contributed by atoms with Crippen LogP contribution in [0, 0.1) is 0 Å². The Morgan fingerprint density at radius 3 is 2.89 bits per heavy atom. The van der Waals surface area contributed by atoms with Crippen LogP contribution in [0.5, 0.6) is 0 Å². The molecule has 0 amide bonds. The maximum absolute atomic E-state index is 11.6. The van der Waals surface area contributed by atoms with E-state index in [9.17, 15) is 4.79 Å². The Kier molecular flexibility index (Phi) is 3.38. The van der Waals surface area contributed by atoms with Gasteiger partial charge in [-0.1, -0.05) is 17.8 Å². The predicted molar refractivity (Wildman–Crippen MR) is 76.8 cm³/mol. The van der Waals surface area contributed by atoms with Crippen molar-refractivity contribution >= 4 is 17.5 Å². The fourth-order valence-corrected chi connectivity index (χ4v) is 3.46. The Morgan fingerprint density at radius 1 is 1.21 bits per heavy atom. The molecule has 1 aliphatic carbocycles. The molecular formula is C16H15NOS. The van der Waals surface area contributed by atoms with E-state index < -0.39 is 0 Å². The summed E-state index contributed by atoms with van der Waals surface area (Å²) >= 11 is 1.58. The van der Waals surface area contributed by atoms with Gasteiger partial charge in [-0.3, -0.25) is 4.79 Å². The molecule has 0 fully saturated rings. The Morgan fingerprint density at radius 2 is 2.05 bits per heavy atom. The van der Waals surface area contributed by atoms with Crippen LogP contribution in [0.4, 0.5) is 0 Å².